The quantitative estimate of drug-likeness (QED) is 0.869. The first-order valence-corrected chi connectivity index (χ1v) is 6.93. The van der Waals surface area contributed by atoms with Gasteiger partial charge < -0.3 is 15.4 Å². The van der Waals surface area contributed by atoms with E-state index in [9.17, 15) is 4.79 Å². The number of hydrogen-bond acceptors (Lipinski definition) is 3. The monoisotopic (exact) mass is 298 g/mol. The van der Waals surface area contributed by atoms with Gasteiger partial charge in [0, 0.05) is 30.9 Å². The molecule has 0 bridgehead atoms. The highest BCUT2D eigenvalue weighted by molar-refractivity contribution is 5.95. The summed E-state index contributed by atoms with van der Waals surface area (Å²) in [6, 6.07) is 7.19. The average Bonchev–Trinajstić information content (AvgIpc) is 2.44. The number of amides is 1. The van der Waals surface area contributed by atoms with Gasteiger partial charge in [0.1, 0.15) is 0 Å². The zero-order valence-electron chi connectivity index (χ0n) is 11.9. The Morgan fingerprint density at radius 1 is 1.50 bits per heavy atom. The van der Waals surface area contributed by atoms with Crippen LogP contribution < -0.4 is 5.73 Å². The molecule has 0 radical (unpaired) electrons. The van der Waals surface area contributed by atoms with Crippen molar-refractivity contribution >= 4 is 24.0 Å². The average molecular weight is 299 g/mol. The molecule has 0 spiro atoms. The van der Waals surface area contributed by atoms with Crippen molar-refractivity contribution < 1.29 is 9.53 Å². The summed E-state index contributed by atoms with van der Waals surface area (Å²) in [4.78, 5) is 14.3. The fraction of sp³-hybridized carbons (Fsp3) is 0.533. The van der Waals surface area contributed by atoms with Crippen LogP contribution in [0.1, 0.15) is 30.1 Å². The number of benzene rings is 1. The molecule has 2 N–H and O–H groups in total. The van der Waals surface area contributed by atoms with Crippen molar-refractivity contribution in [1.29, 1.82) is 0 Å². The number of carbonyl (C=O) groups excluding carboxylic acids is 1. The van der Waals surface area contributed by atoms with Crippen LogP contribution in [0.25, 0.3) is 0 Å². The highest BCUT2D eigenvalue weighted by Crippen LogP contribution is 2.19. The summed E-state index contributed by atoms with van der Waals surface area (Å²) in [5, 5.41) is 0. The topological polar surface area (TPSA) is 55.6 Å². The van der Waals surface area contributed by atoms with Crippen LogP contribution >= 0.6 is 12.4 Å². The molecular weight excluding hydrogens is 276 g/mol. The summed E-state index contributed by atoms with van der Waals surface area (Å²) in [6.07, 6.45) is 2.19. The number of nitrogens with two attached hydrogens (primary N) is 1. The van der Waals surface area contributed by atoms with Crippen LogP contribution in [-0.4, -0.2) is 37.1 Å². The number of carbonyl (C=O) groups is 1. The predicted molar refractivity (Wildman–Crippen MR) is 83.2 cm³/mol. The minimum atomic E-state index is 0. The molecule has 20 heavy (non-hydrogen) atoms. The Hall–Kier alpha value is -1.26. The van der Waals surface area contributed by atoms with Crippen molar-refractivity contribution in [3.8, 4) is 0 Å². The third-order valence-corrected chi connectivity index (χ3v) is 3.50. The number of rotatable bonds is 4. The lowest BCUT2D eigenvalue weighted by atomic mass is 9.98. The molecule has 1 aliphatic rings. The second kappa shape index (κ2) is 8.12. The van der Waals surface area contributed by atoms with Crippen molar-refractivity contribution in [3.05, 3.63) is 29.8 Å². The molecule has 1 saturated heterocycles. The summed E-state index contributed by atoms with van der Waals surface area (Å²) in [5.41, 5.74) is 7.04. The van der Waals surface area contributed by atoms with E-state index in [-0.39, 0.29) is 18.3 Å². The van der Waals surface area contributed by atoms with E-state index < -0.39 is 0 Å². The molecule has 0 saturated carbocycles. The van der Waals surface area contributed by atoms with Crippen LogP contribution in [-0.2, 0) is 4.74 Å². The summed E-state index contributed by atoms with van der Waals surface area (Å²) in [5.74, 6) is 0.534. The molecule has 0 aliphatic carbocycles. The van der Waals surface area contributed by atoms with Crippen LogP contribution in [0.3, 0.4) is 0 Å². The first-order chi connectivity index (χ1) is 9.20. The molecule has 1 aliphatic heterocycles. The van der Waals surface area contributed by atoms with Crippen LogP contribution in [0, 0.1) is 5.92 Å². The number of piperidine rings is 1. The third-order valence-electron chi connectivity index (χ3n) is 3.50. The Balaban J connectivity index is 0.00000200. The van der Waals surface area contributed by atoms with E-state index in [0.717, 1.165) is 39.1 Å². The molecular formula is C15H23ClN2O2. The lowest BCUT2D eigenvalue weighted by Gasteiger charge is -2.32. The van der Waals surface area contributed by atoms with Crippen molar-refractivity contribution in [2.24, 2.45) is 5.92 Å². The minimum absolute atomic E-state index is 0. The molecule has 1 atom stereocenters. The van der Waals surface area contributed by atoms with E-state index in [4.69, 9.17) is 10.5 Å². The molecule has 1 aromatic carbocycles. The molecule has 2 rings (SSSR count). The second-order valence-electron chi connectivity index (χ2n) is 5.04. The van der Waals surface area contributed by atoms with Gasteiger partial charge >= 0.3 is 0 Å². The molecule has 1 fully saturated rings. The molecule has 1 amide bonds. The van der Waals surface area contributed by atoms with Gasteiger partial charge in [0.25, 0.3) is 5.91 Å². The Morgan fingerprint density at radius 2 is 2.30 bits per heavy atom. The molecule has 1 heterocycles. The van der Waals surface area contributed by atoms with Crippen molar-refractivity contribution in [2.75, 3.05) is 32.0 Å². The predicted octanol–water partition coefficient (Wildman–Crippen LogP) is 2.58. The smallest absolute Gasteiger partial charge is 0.253 e. The Morgan fingerprint density at radius 3 is 3.00 bits per heavy atom. The molecule has 112 valence electrons. The standard InChI is InChI=1S/C15H22N2O2.ClH/c1-2-19-11-12-5-4-8-17(10-12)15(18)13-6-3-7-14(16)9-13;/h3,6-7,9,12H,2,4-5,8,10-11,16H2,1H3;1H. The van der Waals surface area contributed by atoms with Crippen molar-refractivity contribution in [1.82, 2.24) is 4.90 Å². The first kappa shape index (κ1) is 16.8. The Kier molecular flexibility index (Phi) is 6.82. The highest BCUT2D eigenvalue weighted by Gasteiger charge is 2.24. The summed E-state index contributed by atoms with van der Waals surface area (Å²) in [6.45, 7) is 5.10. The van der Waals surface area contributed by atoms with Gasteiger partial charge in [0.2, 0.25) is 0 Å². The van der Waals surface area contributed by atoms with Gasteiger partial charge in [-0.2, -0.15) is 0 Å². The van der Waals surface area contributed by atoms with Gasteiger partial charge in [-0.05, 0) is 43.9 Å². The maximum absolute atomic E-state index is 12.4. The molecule has 1 aromatic rings. The maximum atomic E-state index is 12.4. The van der Waals surface area contributed by atoms with Gasteiger partial charge in [-0.15, -0.1) is 12.4 Å². The van der Waals surface area contributed by atoms with Crippen LogP contribution in [0.4, 0.5) is 5.69 Å². The minimum Gasteiger partial charge on any atom is -0.399 e. The number of halogens is 1. The summed E-state index contributed by atoms with van der Waals surface area (Å²) < 4.78 is 5.47. The van der Waals surface area contributed by atoms with Crippen LogP contribution in [0.5, 0.6) is 0 Å². The van der Waals surface area contributed by atoms with Gasteiger partial charge in [-0.3, -0.25) is 4.79 Å². The maximum Gasteiger partial charge on any atom is 0.253 e. The van der Waals surface area contributed by atoms with E-state index in [1.165, 1.54) is 0 Å². The van der Waals surface area contributed by atoms with Gasteiger partial charge in [-0.25, -0.2) is 0 Å². The SMILES string of the molecule is CCOCC1CCCN(C(=O)c2cccc(N)c2)C1.Cl. The third kappa shape index (κ3) is 4.39. The number of nitrogen functional groups attached to an aromatic ring is 1. The first-order valence-electron chi connectivity index (χ1n) is 6.93. The molecule has 0 aromatic heterocycles. The largest absolute Gasteiger partial charge is 0.399 e. The lowest BCUT2D eigenvalue weighted by Crippen LogP contribution is -2.41. The number of nitrogens with zero attached hydrogens (tertiary/aromatic N) is 1. The second-order valence-corrected chi connectivity index (χ2v) is 5.04. The zero-order valence-corrected chi connectivity index (χ0v) is 12.7. The van der Waals surface area contributed by atoms with Crippen molar-refractivity contribution in [3.63, 3.8) is 0 Å². The Labute approximate surface area is 126 Å². The molecule has 1 unspecified atom stereocenters. The molecule has 5 heteroatoms. The van der Waals surface area contributed by atoms with E-state index >= 15 is 0 Å². The van der Waals surface area contributed by atoms with Gasteiger partial charge in [0.05, 0.1) is 6.61 Å². The summed E-state index contributed by atoms with van der Waals surface area (Å²) >= 11 is 0. The van der Waals surface area contributed by atoms with Gasteiger partial charge in [0.15, 0.2) is 0 Å². The summed E-state index contributed by atoms with van der Waals surface area (Å²) in [7, 11) is 0. The number of anilines is 1. The number of likely N-dealkylation sites (tertiary alicyclic amines) is 1. The number of ether oxygens (including phenoxy) is 1. The zero-order chi connectivity index (χ0) is 13.7. The van der Waals surface area contributed by atoms with Gasteiger partial charge in [-0.1, -0.05) is 6.07 Å². The Bertz CT molecular complexity index is 440. The van der Waals surface area contributed by atoms with Crippen LogP contribution in [0.15, 0.2) is 24.3 Å². The van der Waals surface area contributed by atoms with E-state index in [1.807, 2.05) is 24.0 Å². The van der Waals surface area contributed by atoms with E-state index in [1.54, 1.807) is 12.1 Å². The molecule has 4 nitrogen and oxygen atoms in total. The lowest BCUT2D eigenvalue weighted by molar-refractivity contribution is 0.0501. The van der Waals surface area contributed by atoms with Crippen molar-refractivity contribution in [2.45, 2.75) is 19.8 Å². The van der Waals surface area contributed by atoms with E-state index in [2.05, 4.69) is 0 Å². The highest BCUT2D eigenvalue weighted by atomic mass is 35.5. The number of hydrogen-bond donors (Lipinski definition) is 1. The van der Waals surface area contributed by atoms with Crippen LogP contribution in [0.2, 0.25) is 0 Å². The fourth-order valence-corrected chi connectivity index (χ4v) is 2.52. The normalized spacial score (nSPS) is 18.4. The fourth-order valence-electron chi connectivity index (χ4n) is 2.52. The van der Waals surface area contributed by atoms with E-state index in [0.29, 0.717) is 17.2 Å².